The van der Waals surface area contributed by atoms with Crippen molar-refractivity contribution in [3.8, 4) is 5.69 Å². The van der Waals surface area contributed by atoms with Gasteiger partial charge in [0.15, 0.2) is 11.6 Å². The summed E-state index contributed by atoms with van der Waals surface area (Å²) in [6.07, 6.45) is 0. The molecule has 0 aliphatic carbocycles. The Hall–Kier alpha value is -3.55. The van der Waals surface area contributed by atoms with Crippen molar-refractivity contribution < 1.29 is 18.4 Å². The summed E-state index contributed by atoms with van der Waals surface area (Å²) >= 11 is 0. The Morgan fingerprint density at radius 1 is 1.00 bits per heavy atom. The van der Waals surface area contributed by atoms with Gasteiger partial charge in [-0.05, 0) is 62.2 Å². The molecule has 1 aliphatic rings. The van der Waals surface area contributed by atoms with E-state index in [0.717, 1.165) is 39.7 Å². The van der Waals surface area contributed by atoms with Gasteiger partial charge in [0.25, 0.3) is 5.91 Å². The fraction of sp³-hybridized carbons (Fsp3) is 0.227. The molecule has 1 fully saturated rings. The third-order valence-electron chi connectivity index (χ3n) is 5.30. The third-order valence-corrected chi connectivity index (χ3v) is 5.30. The zero-order chi connectivity index (χ0) is 21.6. The summed E-state index contributed by atoms with van der Waals surface area (Å²) in [5, 5.41) is 7.03. The van der Waals surface area contributed by atoms with Crippen LogP contribution in [0.15, 0.2) is 48.5 Å². The van der Waals surface area contributed by atoms with Gasteiger partial charge in [-0.2, -0.15) is 5.10 Å². The van der Waals surface area contributed by atoms with E-state index in [2.05, 4.69) is 10.4 Å². The number of aryl methyl sites for hydroxylation is 2. The van der Waals surface area contributed by atoms with Crippen molar-refractivity contribution in [1.29, 1.82) is 0 Å². The number of nitrogens with zero attached hydrogens (tertiary/aromatic N) is 3. The molecule has 2 aromatic carbocycles. The minimum Gasteiger partial charge on any atom is -0.319 e. The molecule has 0 radical (unpaired) electrons. The molecule has 8 heteroatoms. The van der Waals surface area contributed by atoms with Gasteiger partial charge >= 0.3 is 6.03 Å². The molecule has 6 nitrogen and oxygen atoms in total. The van der Waals surface area contributed by atoms with Crippen LogP contribution in [0.5, 0.6) is 0 Å². The Morgan fingerprint density at radius 3 is 2.30 bits per heavy atom. The molecule has 1 atom stereocenters. The fourth-order valence-electron chi connectivity index (χ4n) is 3.66. The monoisotopic (exact) mass is 410 g/mol. The molecule has 30 heavy (non-hydrogen) atoms. The molecular formula is C22H20F2N4O2. The molecule has 1 aromatic heterocycles. The van der Waals surface area contributed by atoms with Crippen LogP contribution in [0.3, 0.4) is 0 Å². The van der Waals surface area contributed by atoms with Gasteiger partial charge in [0.1, 0.15) is 5.54 Å². The molecule has 4 rings (SSSR count). The minimum absolute atomic E-state index is 0.0569. The quantitative estimate of drug-likeness (QED) is 0.667. The predicted molar refractivity (Wildman–Crippen MR) is 106 cm³/mol. The Labute approximate surface area is 172 Å². The highest BCUT2D eigenvalue weighted by molar-refractivity contribution is 6.07. The Kier molecular flexibility index (Phi) is 4.64. The van der Waals surface area contributed by atoms with E-state index in [1.807, 2.05) is 48.9 Å². The van der Waals surface area contributed by atoms with Crippen molar-refractivity contribution >= 4 is 11.9 Å². The van der Waals surface area contributed by atoms with E-state index in [1.165, 1.54) is 13.0 Å². The molecule has 3 amide bonds. The summed E-state index contributed by atoms with van der Waals surface area (Å²) < 4.78 is 28.7. The van der Waals surface area contributed by atoms with E-state index in [1.54, 1.807) is 0 Å². The summed E-state index contributed by atoms with van der Waals surface area (Å²) in [5.74, 6) is -2.62. The first-order chi connectivity index (χ1) is 14.2. The Balaban J connectivity index is 1.56. The standard InChI is InChI=1S/C22H20F2N4O2/c1-13-10-14(2)28(26-13)17-7-4-15(5-8-17)12-27-20(29)22(3,25-21(27)30)16-6-9-18(23)19(24)11-16/h4-11H,12H2,1-3H3,(H,25,30). The van der Waals surface area contributed by atoms with Crippen LogP contribution >= 0.6 is 0 Å². The molecule has 0 saturated carbocycles. The minimum atomic E-state index is -1.46. The van der Waals surface area contributed by atoms with Crippen LogP contribution in [-0.4, -0.2) is 26.6 Å². The normalized spacial score (nSPS) is 18.8. The van der Waals surface area contributed by atoms with Crippen LogP contribution in [0, 0.1) is 25.5 Å². The van der Waals surface area contributed by atoms with Gasteiger partial charge in [0.2, 0.25) is 0 Å². The predicted octanol–water partition coefficient (Wildman–Crippen LogP) is 3.73. The second kappa shape index (κ2) is 7.05. The summed E-state index contributed by atoms with van der Waals surface area (Å²) in [4.78, 5) is 26.5. The lowest BCUT2D eigenvalue weighted by molar-refractivity contribution is -0.131. The number of hydrogen-bond acceptors (Lipinski definition) is 3. The van der Waals surface area contributed by atoms with Crippen LogP contribution in [-0.2, 0) is 16.9 Å². The van der Waals surface area contributed by atoms with Gasteiger partial charge in [-0.1, -0.05) is 18.2 Å². The number of carbonyl (C=O) groups is 2. The lowest BCUT2D eigenvalue weighted by Crippen LogP contribution is -2.41. The number of aromatic nitrogens is 2. The Bertz CT molecular complexity index is 1160. The van der Waals surface area contributed by atoms with Crippen molar-refractivity contribution in [2.75, 3.05) is 0 Å². The van der Waals surface area contributed by atoms with Crippen LogP contribution in [0.2, 0.25) is 0 Å². The number of urea groups is 1. The van der Waals surface area contributed by atoms with Gasteiger partial charge < -0.3 is 5.32 Å². The van der Waals surface area contributed by atoms with Crippen LogP contribution < -0.4 is 5.32 Å². The van der Waals surface area contributed by atoms with E-state index >= 15 is 0 Å². The summed E-state index contributed by atoms with van der Waals surface area (Å²) in [7, 11) is 0. The van der Waals surface area contributed by atoms with Gasteiger partial charge in [-0.3, -0.25) is 9.69 Å². The average Bonchev–Trinajstić information content (AvgIpc) is 3.15. The largest absolute Gasteiger partial charge is 0.325 e. The second-order valence-electron chi connectivity index (χ2n) is 7.58. The average molecular weight is 410 g/mol. The van der Waals surface area contributed by atoms with E-state index in [0.29, 0.717) is 0 Å². The number of halogens is 2. The first-order valence-corrected chi connectivity index (χ1v) is 9.41. The van der Waals surface area contributed by atoms with Crippen LogP contribution in [0.1, 0.15) is 29.4 Å². The molecule has 0 spiro atoms. The maximum atomic E-state index is 13.7. The van der Waals surface area contributed by atoms with E-state index < -0.39 is 29.1 Å². The number of nitrogens with one attached hydrogen (secondary N) is 1. The second-order valence-corrected chi connectivity index (χ2v) is 7.58. The summed E-state index contributed by atoms with van der Waals surface area (Å²) in [6, 6.07) is 11.9. The zero-order valence-electron chi connectivity index (χ0n) is 16.7. The number of carbonyl (C=O) groups excluding carboxylic acids is 2. The van der Waals surface area contributed by atoms with Gasteiger partial charge in [-0.15, -0.1) is 0 Å². The van der Waals surface area contributed by atoms with Crippen molar-refractivity contribution in [1.82, 2.24) is 20.0 Å². The highest BCUT2D eigenvalue weighted by Gasteiger charge is 2.49. The van der Waals surface area contributed by atoms with Crippen molar-refractivity contribution in [3.63, 3.8) is 0 Å². The topological polar surface area (TPSA) is 67.2 Å². The highest BCUT2D eigenvalue weighted by Crippen LogP contribution is 2.30. The number of amides is 3. The third kappa shape index (κ3) is 3.24. The zero-order valence-corrected chi connectivity index (χ0v) is 16.7. The van der Waals surface area contributed by atoms with Gasteiger partial charge in [-0.25, -0.2) is 18.3 Å². The van der Waals surface area contributed by atoms with Crippen molar-refractivity contribution in [3.05, 3.63) is 82.7 Å². The number of benzene rings is 2. The number of rotatable bonds is 4. The molecule has 154 valence electrons. The molecule has 1 N–H and O–H groups in total. The van der Waals surface area contributed by atoms with Gasteiger partial charge in [0, 0.05) is 5.69 Å². The van der Waals surface area contributed by atoms with Gasteiger partial charge in [0.05, 0.1) is 17.9 Å². The number of hydrogen-bond donors (Lipinski definition) is 1. The van der Waals surface area contributed by atoms with Crippen molar-refractivity contribution in [2.24, 2.45) is 0 Å². The maximum absolute atomic E-state index is 13.7. The number of imide groups is 1. The van der Waals surface area contributed by atoms with E-state index in [9.17, 15) is 18.4 Å². The van der Waals surface area contributed by atoms with Crippen LogP contribution in [0.25, 0.3) is 5.69 Å². The van der Waals surface area contributed by atoms with Crippen LogP contribution in [0.4, 0.5) is 13.6 Å². The molecule has 1 unspecified atom stereocenters. The maximum Gasteiger partial charge on any atom is 0.325 e. The lowest BCUT2D eigenvalue weighted by Gasteiger charge is -2.22. The van der Waals surface area contributed by atoms with E-state index in [-0.39, 0.29) is 12.1 Å². The molecule has 1 saturated heterocycles. The lowest BCUT2D eigenvalue weighted by atomic mass is 9.92. The molecule has 3 aromatic rings. The summed E-state index contributed by atoms with van der Waals surface area (Å²) in [5.41, 5.74) is 2.24. The first kappa shape index (κ1) is 19.8. The molecule has 1 aliphatic heterocycles. The Morgan fingerprint density at radius 2 is 1.70 bits per heavy atom. The molecule has 2 heterocycles. The smallest absolute Gasteiger partial charge is 0.319 e. The molecular weight excluding hydrogens is 390 g/mol. The summed E-state index contributed by atoms with van der Waals surface area (Å²) in [6.45, 7) is 5.41. The molecule has 0 bridgehead atoms. The first-order valence-electron chi connectivity index (χ1n) is 9.41. The van der Waals surface area contributed by atoms with E-state index in [4.69, 9.17) is 0 Å². The fourth-order valence-corrected chi connectivity index (χ4v) is 3.66. The highest BCUT2D eigenvalue weighted by atomic mass is 19.2. The van der Waals surface area contributed by atoms with Crippen molar-refractivity contribution in [2.45, 2.75) is 32.9 Å². The SMILES string of the molecule is Cc1cc(C)n(-c2ccc(CN3C(=O)NC(C)(c4ccc(F)c(F)c4)C3=O)cc2)n1.